The molecule has 1 aromatic carbocycles. The molecule has 1 aliphatic heterocycles. The van der Waals surface area contributed by atoms with Gasteiger partial charge in [-0.3, -0.25) is 4.90 Å². The van der Waals surface area contributed by atoms with E-state index in [0.29, 0.717) is 35.7 Å². The minimum absolute atomic E-state index is 0.328. The van der Waals surface area contributed by atoms with Crippen LogP contribution in [-0.2, 0) is 13.0 Å². The molecule has 0 N–H and O–H groups in total. The summed E-state index contributed by atoms with van der Waals surface area (Å²) in [5.74, 6) is 0.637. The Morgan fingerprint density at radius 1 is 1.38 bits per heavy atom. The van der Waals surface area contributed by atoms with Gasteiger partial charge in [-0.25, -0.2) is 4.79 Å². The van der Waals surface area contributed by atoms with Crippen LogP contribution in [0.5, 0.6) is 5.75 Å². The Labute approximate surface area is 128 Å². The molecule has 0 spiro atoms. The standard InChI is InChI=1S/C16H18ClNO3/c1-4-10-5-14(19)21-15-11(10)6-13(17)16-12(15)7-18(8-20-16)9(2)3/h5-6,9H,4,7-8H2,1-3H3. The minimum Gasteiger partial charge on any atom is -0.476 e. The van der Waals surface area contributed by atoms with Crippen LogP contribution >= 0.6 is 11.6 Å². The maximum absolute atomic E-state index is 11.8. The monoisotopic (exact) mass is 307 g/mol. The van der Waals surface area contributed by atoms with Crippen LogP contribution in [-0.4, -0.2) is 17.7 Å². The first-order valence-corrected chi connectivity index (χ1v) is 7.54. The number of aryl methyl sites for hydroxylation is 1. The van der Waals surface area contributed by atoms with Gasteiger partial charge in [-0.1, -0.05) is 18.5 Å². The van der Waals surface area contributed by atoms with Crippen molar-refractivity contribution in [3.8, 4) is 5.75 Å². The maximum Gasteiger partial charge on any atom is 0.336 e. The van der Waals surface area contributed by atoms with E-state index in [9.17, 15) is 4.79 Å². The van der Waals surface area contributed by atoms with Gasteiger partial charge in [-0.05, 0) is 31.9 Å². The zero-order chi connectivity index (χ0) is 15.1. The first kappa shape index (κ1) is 14.4. The molecule has 0 fully saturated rings. The third-order valence-electron chi connectivity index (χ3n) is 3.97. The van der Waals surface area contributed by atoms with Crippen LogP contribution in [0.2, 0.25) is 5.02 Å². The lowest BCUT2D eigenvalue weighted by Crippen LogP contribution is -2.37. The van der Waals surface area contributed by atoms with Gasteiger partial charge in [0.1, 0.15) is 18.1 Å². The molecule has 0 bridgehead atoms. The number of nitrogens with zero attached hydrogens (tertiary/aromatic N) is 1. The summed E-state index contributed by atoms with van der Waals surface area (Å²) in [5, 5.41) is 1.47. The van der Waals surface area contributed by atoms with E-state index in [0.717, 1.165) is 22.9 Å². The predicted molar refractivity (Wildman–Crippen MR) is 83.0 cm³/mol. The molecule has 4 nitrogen and oxygen atoms in total. The molecule has 112 valence electrons. The molecule has 0 saturated heterocycles. The topological polar surface area (TPSA) is 42.7 Å². The van der Waals surface area contributed by atoms with Gasteiger partial charge in [0.15, 0.2) is 0 Å². The van der Waals surface area contributed by atoms with Crippen molar-refractivity contribution in [2.24, 2.45) is 0 Å². The molecule has 5 heteroatoms. The lowest BCUT2D eigenvalue weighted by Gasteiger charge is -2.32. The predicted octanol–water partition coefficient (Wildman–Crippen LogP) is 3.57. The molecule has 2 aromatic rings. The molecule has 0 saturated carbocycles. The highest BCUT2D eigenvalue weighted by Gasteiger charge is 2.26. The summed E-state index contributed by atoms with van der Waals surface area (Å²) in [7, 11) is 0. The molecule has 0 atom stereocenters. The Balaban J connectivity index is 2.29. The molecule has 0 radical (unpaired) electrons. The first-order chi connectivity index (χ1) is 10.0. The second kappa shape index (κ2) is 5.35. The Hall–Kier alpha value is -1.52. The van der Waals surface area contributed by atoms with Crippen molar-refractivity contribution in [3.05, 3.63) is 38.7 Å². The molecule has 1 aliphatic rings. The number of rotatable bonds is 2. The van der Waals surface area contributed by atoms with Crippen molar-refractivity contribution in [1.29, 1.82) is 0 Å². The van der Waals surface area contributed by atoms with Crippen molar-refractivity contribution in [1.82, 2.24) is 4.90 Å². The molecule has 2 heterocycles. The fraction of sp³-hybridized carbons (Fsp3) is 0.438. The van der Waals surface area contributed by atoms with Gasteiger partial charge in [-0.2, -0.15) is 0 Å². The average Bonchev–Trinajstić information content (AvgIpc) is 2.47. The van der Waals surface area contributed by atoms with E-state index in [1.165, 1.54) is 6.07 Å². The van der Waals surface area contributed by atoms with Crippen molar-refractivity contribution in [3.63, 3.8) is 0 Å². The molecular weight excluding hydrogens is 290 g/mol. The lowest BCUT2D eigenvalue weighted by molar-refractivity contribution is 0.0690. The molecular formula is C16H18ClNO3. The van der Waals surface area contributed by atoms with Crippen LogP contribution in [0.3, 0.4) is 0 Å². The van der Waals surface area contributed by atoms with Crippen LogP contribution in [0.4, 0.5) is 0 Å². The first-order valence-electron chi connectivity index (χ1n) is 7.16. The maximum atomic E-state index is 11.8. The normalized spacial score (nSPS) is 15.3. The van der Waals surface area contributed by atoms with Gasteiger partial charge >= 0.3 is 5.63 Å². The summed E-state index contributed by atoms with van der Waals surface area (Å²) in [6.07, 6.45) is 0.756. The van der Waals surface area contributed by atoms with E-state index in [1.54, 1.807) is 0 Å². The number of ether oxygens (including phenoxy) is 1. The Kier molecular flexibility index (Phi) is 3.68. The average molecular weight is 308 g/mol. The van der Waals surface area contributed by atoms with E-state index in [1.807, 2.05) is 13.0 Å². The zero-order valence-electron chi connectivity index (χ0n) is 12.4. The van der Waals surface area contributed by atoms with Gasteiger partial charge < -0.3 is 9.15 Å². The molecule has 0 unspecified atom stereocenters. The fourth-order valence-electron chi connectivity index (χ4n) is 2.69. The third-order valence-corrected chi connectivity index (χ3v) is 4.25. The largest absolute Gasteiger partial charge is 0.476 e. The van der Waals surface area contributed by atoms with Gasteiger partial charge in [0.2, 0.25) is 0 Å². The van der Waals surface area contributed by atoms with E-state index in [2.05, 4.69) is 18.7 Å². The lowest BCUT2D eigenvalue weighted by atomic mass is 10.0. The highest BCUT2D eigenvalue weighted by molar-refractivity contribution is 6.33. The Bertz CT molecular complexity index is 751. The zero-order valence-corrected chi connectivity index (χ0v) is 13.2. The van der Waals surface area contributed by atoms with Crippen LogP contribution in [0, 0.1) is 0 Å². The molecule has 21 heavy (non-hydrogen) atoms. The number of hydrogen-bond acceptors (Lipinski definition) is 4. The summed E-state index contributed by atoms with van der Waals surface area (Å²) >= 11 is 6.35. The van der Waals surface area contributed by atoms with Gasteiger partial charge in [-0.15, -0.1) is 0 Å². The van der Waals surface area contributed by atoms with Crippen molar-refractivity contribution >= 4 is 22.6 Å². The smallest absolute Gasteiger partial charge is 0.336 e. The number of halogens is 1. The Morgan fingerprint density at radius 2 is 2.14 bits per heavy atom. The van der Waals surface area contributed by atoms with Crippen LogP contribution in [0.1, 0.15) is 31.9 Å². The fourth-order valence-corrected chi connectivity index (χ4v) is 2.97. The third kappa shape index (κ3) is 2.43. The van der Waals surface area contributed by atoms with Crippen molar-refractivity contribution in [2.75, 3.05) is 6.73 Å². The number of hydrogen-bond donors (Lipinski definition) is 0. The quantitative estimate of drug-likeness (QED) is 0.796. The van der Waals surface area contributed by atoms with Crippen LogP contribution < -0.4 is 10.4 Å². The minimum atomic E-state index is -0.328. The molecule has 0 amide bonds. The second-order valence-corrected chi connectivity index (χ2v) is 6.01. The highest BCUT2D eigenvalue weighted by atomic mass is 35.5. The Morgan fingerprint density at radius 3 is 2.81 bits per heavy atom. The van der Waals surface area contributed by atoms with Crippen LogP contribution in [0.15, 0.2) is 21.3 Å². The number of benzene rings is 1. The van der Waals surface area contributed by atoms with Crippen molar-refractivity contribution in [2.45, 2.75) is 39.8 Å². The summed E-state index contributed by atoms with van der Waals surface area (Å²) < 4.78 is 11.2. The van der Waals surface area contributed by atoms with Gasteiger partial charge in [0.25, 0.3) is 0 Å². The van der Waals surface area contributed by atoms with Gasteiger partial charge in [0, 0.05) is 24.0 Å². The molecule has 0 aliphatic carbocycles. The summed E-state index contributed by atoms with van der Waals surface area (Å²) in [5.41, 5.74) is 2.09. The SMILES string of the molecule is CCc1cc(=O)oc2c3c(c(Cl)cc12)OCN(C(C)C)C3. The highest BCUT2D eigenvalue weighted by Crippen LogP contribution is 2.39. The van der Waals surface area contributed by atoms with E-state index < -0.39 is 0 Å². The van der Waals surface area contributed by atoms with E-state index >= 15 is 0 Å². The summed E-state index contributed by atoms with van der Waals surface area (Å²) in [6, 6.07) is 3.71. The van der Waals surface area contributed by atoms with Gasteiger partial charge in [0.05, 0.1) is 10.6 Å². The molecule has 1 aromatic heterocycles. The summed E-state index contributed by atoms with van der Waals surface area (Å²) in [6.45, 7) is 7.38. The van der Waals surface area contributed by atoms with E-state index in [4.69, 9.17) is 20.8 Å². The second-order valence-electron chi connectivity index (χ2n) is 5.60. The number of fused-ring (bicyclic) bond motifs is 3. The van der Waals surface area contributed by atoms with Crippen LogP contribution in [0.25, 0.3) is 11.0 Å². The molecule has 3 rings (SSSR count). The van der Waals surface area contributed by atoms with Crippen molar-refractivity contribution < 1.29 is 9.15 Å². The van der Waals surface area contributed by atoms with E-state index in [-0.39, 0.29) is 5.63 Å². The summed E-state index contributed by atoms with van der Waals surface area (Å²) in [4.78, 5) is 14.0.